The van der Waals surface area contributed by atoms with E-state index >= 15 is 0 Å². The summed E-state index contributed by atoms with van der Waals surface area (Å²) in [6.45, 7) is 1.09. The van der Waals surface area contributed by atoms with Crippen molar-refractivity contribution in [3.63, 3.8) is 0 Å². The third-order valence-electron chi connectivity index (χ3n) is 3.56. The molecule has 1 amide bonds. The highest BCUT2D eigenvalue weighted by molar-refractivity contribution is 5.92. The lowest BCUT2D eigenvalue weighted by Crippen LogP contribution is -2.42. The van der Waals surface area contributed by atoms with Crippen LogP contribution in [-0.2, 0) is 9.59 Å². The molecule has 2 rings (SSSR count). The number of benzene rings is 1. The molecule has 22 heavy (non-hydrogen) atoms. The largest absolute Gasteiger partial charge is 0.481 e. The van der Waals surface area contributed by atoms with Crippen LogP contribution in [-0.4, -0.2) is 46.4 Å². The molecule has 1 aromatic rings. The van der Waals surface area contributed by atoms with Crippen LogP contribution in [0.5, 0.6) is 0 Å². The van der Waals surface area contributed by atoms with Crippen LogP contribution in [0.4, 0.5) is 11.4 Å². The summed E-state index contributed by atoms with van der Waals surface area (Å²) in [4.78, 5) is 34.9. The SMILES string of the molecule is O=C(CN1CCCC(C(=O)O)C1)Nc1cccc([N+](=O)[O-])c1. The number of aliphatic carboxylic acids is 1. The van der Waals surface area contributed by atoms with Gasteiger partial charge in [-0.05, 0) is 25.5 Å². The molecule has 1 aliphatic rings. The number of likely N-dealkylation sites (tertiary alicyclic amines) is 1. The van der Waals surface area contributed by atoms with Crippen LogP contribution >= 0.6 is 0 Å². The number of nitrogens with zero attached hydrogens (tertiary/aromatic N) is 2. The van der Waals surface area contributed by atoms with Crippen LogP contribution in [0.1, 0.15) is 12.8 Å². The Balaban J connectivity index is 1.91. The number of non-ortho nitro benzene ring substituents is 1. The predicted molar refractivity (Wildman–Crippen MR) is 78.5 cm³/mol. The predicted octanol–water partition coefficient (Wildman–Crippen LogP) is 1.33. The van der Waals surface area contributed by atoms with E-state index in [4.69, 9.17) is 5.11 Å². The van der Waals surface area contributed by atoms with Crippen molar-refractivity contribution >= 4 is 23.3 Å². The van der Waals surface area contributed by atoms with Gasteiger partial charge in [0, 0.05) is 24.4 Å². The summed E-state index contributed by atoms with van der Waals surface area (Å²) in [6.07, 6.45) is 1.36. The fourth-order valence-corrected chi connectivity index (χ4v) is 2.50. The van der Waals surface area contributed by atoms with E-state index in [2.05, 4.69) is 5.32 Å². The molecule has 0 aromatic heterocycles. The summed E-state index contributed by atoms with van der Waals surface area (Å²) >= 11 is 0. The molecule has 1 saturated heterocycles. The minimum atomic E-state index is -0.844. The molecule has 1 aromatic carbocycles. The lowest BCUT2D eigenvalue weighted by atomic mass is 9.98. The van der Waals surface area contributed by atoms with Gasteiger partial charge in [-0.1, -0.05) is 6.07 Å². The number of amides is 1. The first-order chi connectivity index (χ1) is 10.5. The molecule has 1 fully saturated rings. The fraction of sp³-hybridized carbons (Fsp3) is 0.429. The Morgan fingerprint density at radius 2 is 2.23 bits per heavy atom. The van der Waals surface area contributed by atoms with Crippen molar-refractivity contribution in [3.05, 3.63) is 34.4 Å². The molecule has 8 heteroatoms. The quantitative estimate of drug-likeness (QED) is 0.627. The van der Waals surface area contributed by atoms with Crippen LogP contribution < -0.4 is 5.32 Å². The molecule has 1 aliphatic heterocycles. The summed E-state index contributed by atoms with van der Waals surface area (Å²) in [5.74, 6) is -1.60. The third kappa shape index (κ3) is 4.26. The summed E-state index contributed by atoms with van der Waals surface area (Å²) in [5.41, 5.74) is 0.257. The second kappa shape index (κ2) is 6.99. The number of piperidine rings is 1. The van der Waals surface area contributed by atoms with Crippen molar-refractivity contribution in [2.45, 2.75) is 12.8 Å². The van der Waals surface area contributed by atoms with Gasteiger partial charge in [-0.3, -0.25) is 24.6 Å². The van der Waals surface area contributed by atoms with Crippen LogP contribution in [0, 0.1) is 16.0 Å². The topological polar surface area (TPSA) is 113 Å². The van der Waals surface area contributed by atoms with Crippen LogP contribution in [0.25, 0.3) is 0 Å². The monoisotopic (exact) mass is 307 g/mol. The summed E-state index contributed by atoms with van der Waals surface area (Å²) in [6, 6.07) is 5.70. The van der Waals surface area contributed by atoms with Gasteiger partial charge < -0.3 is 10.4 Å². The third-order valence-corrected chi connectivity index (χ3v) is 3.56. The molecule has 0 bridgehead atoms. The average molecular weight is 307 g/mol. The molecular weight excluding hydrogens is 290 g/mol. The van der Waals surface area contributed by atoms with Crippen molar-refractivity contribution in [2.75, 3.05) is 25.0 Å². The normalized spacial score (nSPS) is 18.6. The molecule has 1 atom stereocenters. The van der Waals surface area contributed by atoms with Crippen LogP contribution in [0.2, 0.25) is 0 Å². The van der Waals surface area contributed by atoms with E-state index in [0.29, 0.717) is 25.2 Å². The molecule has 2 N–H and O–H groups in total. The molecule has 0 aliphatic carbocycles. The van der Waals surface area contributed by atoms with Crippen molar-refractivity contribution in [2.24, 2.45) is 5.92 Å². The molecule has 118 valence electrons. The highest BCUT2D eigenvalue weighted by Gasteiger charge is 2.26. The smallest absolute Gasteiger partial charge is 0.307 e. The van der Waals surface area contributed by atoms with E-state index in [-0.39, 0.29) is 18.1 Å². The van der Waals surface area contributed by atoms with Gasteiger partial charge in [0.05, 0.1) is 17.4 Å². The minimum absolute atomic E-state index is 0.0759. The molecule has 1 heterocycles. The number of nitrogens with one attached hydrogen (secondary N) is 1. The Hall–Kier alpha value is -2.48. The van der Waals surface area contributed by atoms with Crippen molar-refractivity contribution < 1.29 is 19.6 Å². The van der Waals surface area contributed by atoms with Gasteiger partial charge in [0.1, 0.15) is 0 Å². The zero-order chi connectivity index (χ0) is 16.1. The summed E-state index contributed by atoms with van der Waals surface area (Å²) < 4.78 is 0. The zero-order valence-corrected chi connectivity index (χ0v) is 11.9. The van der Waals surface area contributed by atoms with Gasteiger partial charge in [-0.25, -0.2) is 0 Å². The summed E-state index contributed by atoms with van der Waals surface area (Å²) in [5, 5.41) is 22.3. The second-order valence-corrected chi connectivity index (χ2v) is 5.27. The highest BCUT2D eigenvalue weighted by Crippen LogP contribution is 2.18. The van der Waals surface area contributed by atoms with E-state index in [1.165, 1.54) is 18.2 Å². The number of carboxylic acid groups (broad SMARTS) is 1. The van der Waals surface area contributed by atoms with E-state index < -0.39 is 16.8 Å². The number of carbonyl (C=O) groups excluding carboxylic acids is 1. The van der Waals surface area contributed by atoms with Gasteiger partial charge in [0.15, 0.2) is 0 Å². The Bertz CT molecular complexity index is 590. The van der Waals surface area contributed by atoms with Crippen molar-refractivity contribution in [3.8, 4) is 0 Å². The maximum Gasteiger partial charge on any atom is 0.307 e. The first-order valence-corrected chi connectivity index (χ1v) is 6.95. The summed E-state index contributed by atoms with van der Waals surface area (Å²) in [7, 11) is 0. The van der Waals surface area contributed by atoms with E-state index in [0.717, 1.165) is 6.42 Å². The van der Waals surface area contributed by atoms with Gasteiger partial charge in [-0.15, -0.1) is 0 Å². The number of carbonyl (C=O) groups is 2. The maximum atomic E-state index is 12.0. The Morgan fingerprint density at radius 1 is 1.45 bits per heavy atom. The Morgan fingerprint density at radius 3 is 2.91 bits per heavy atom. The lowest BCUT2D eigenvalue weighted by Gasteiger charge is -2.29. The van der Waals surface area contributed by atoms with Gasteiger partial charge in [-0.2, -0.15) is 0 Å². The molecule has 0 radical (unpaired) electrons. The van der Waals surface area contributed by atoms with E-state index in [1.54, 1.807) is 11.0 Å². The number of rotatable bonds is 5. The number of hydrogen-bond donors (Lipinski definition) is 2. The van der Waals surface area contributed by atoms with Crippen LogP contribution in [0.3, 0.4) is 0 Å². The first-order valence-electron chi connectivity index (χ1n) is 6.95. The minimum Gasteiger partial charge on any atom is -0.481 e. The number of nitro benzene ring substituents is 1. The zero-order valence-electron chi connectivity index (χ0n) is 11.9. The number of carboxylic acids is 1. The Kier molecular flexibility index (Phi) is 5.05. The number of hydrogen-bond acceptors (Lipinski definition) is 5. The Labute approximate surface area is 126 Å². The molecule has 1 unspecified atom stereocenters. The second-order valence-electron chi connectivity index (χ2n) is 5.27. The van der Waals surface area contributed by atoms with E-state index in [1.807, 2.05) is 0 Å². The first kappa shape index (κ1) is 15.9. The molecule has 0 spiro atoms. The molecule has 0 saturated carbocycles. The van der Waals surface area contributed by atoms with Crippen molar-refractivity contribution in [1.29, 1.82) is 0 Å². The number of anilines is 1. The van der Waals surface area contributed by atoms with Crippen LogP contribution in [0.15, 0.2) is 24.3 Å². The van der Waals surface area contributed by atoms with Gasteiger partial charge in [0.2, 0.25) is 5.91 Å². The van der Waals surface area contributed by atoms with Crippen molar-refractivity contribution in [1.82, 2.24) is 4.90 Å². The molecular formula is C14H17N3O5. The molecule has 8 nitrogen and oxygen atoms in total. The average Bonchev–Trinajstić information content (AvgIpc) is 2.47. The highest BCUT2D eigenvalue weighted by atomic mass is 16.6. The van der Waals surface area contributed by atoms with Gasteiger partial charge >= 0.3 is 5.97 Å². The maximum absolute atomic E-state index is 12.0. The number of nitro groups is 1. The van der Waals surface area contributed by atoms with E-state index in [9.17, 15) is 19.7 Å². The lowest BCUT2D eigenvalue weighted by molar-refractivity contribution is -0.384. The fourth-order valence-electron chi connectivity index (χ4n) is 2.50. The van der Waals surface area contributed by atoms with Gasteiger partial charge in [0.25, 0.3) is 5.69 Å². The standard InChI is InChI=1S/C14H17N3O5/c18-13(9-16-6-2-3-10(8-16)14(19)20)15-11-4-1-5-12(7-11)17(21)22/h1,4-5,7,10H,2-3,6,8-9H2,(H,15,18)(H,19,20).